The van der Waals surface area contributed by atoms with E-state index in [2.05, 4.69) is 10.2 Å². The SMILES string of the molecule is Cc1[nH]ncc1-c1cccc(C(=O)O)c1. The van der Waals surface area contributed by atoms with E-state index >= 15 is 0 Å². The molecule has 0 fully saturated rings. The number of carboxylic acid groups (broad SMARTS) is 1. The minimum absolute atomic E-state index is 0.285. The Balaban J connectivity index is 2.50. The smallest absolute Gasteiger partial charge is 0.335 e. The molecule has 0 radical (unpaired) electrons. The average Bonchev–Trinajstić information content (AvgIpc) is 2.64. The van der Waals surface area contributed by atoms with Gasteiger partial charge in [-0.2, -0.15) is 5.10 Å². The van der Waals surface area contributed by atoms with Crippen molar-refractivity contribution in [3.63, 3.8) is 0 Å². The molecule has 1 aromatic carbocycles. The summed E-state index contributed by atoms with van der Waals surface area (Å²) >= 11 is 0. The minimum atomic E-state index is -0.919. The van der Waals surface area contributed by atoms with E-state index in [0.29, 0.717) is 0 Å². The summed E-state index contributed by atoms with van der Waals surface area (Å²) in [5, 5.41) is 15.6. The van der Waals surface area contributed by atoms with Crippen LogP contribution in [-0.4, -0.2) is 21.3 Å². The minimum Gasteiger partial charge on any atom is -0.478 e. The van der Waals surface area contributed by atoms with E-state index in [0.717, 1.165) is 16.8 Å². The van der Waals surface area contributed by atoms with Gasteiger partial charge < -0.3 is 5.11 Å². The quantitative estimate of drug-likeness (QED) is 0.783. The van der Waals surface area contributed by atoms with Gasteiger partial charge in [0.15, 0.2) is 0 Å². The first kappa shape index (κ1) is 9.45. The molecule has 0 aliphatic carbocycles. The van der Waals surface area contributed by atoms with Gasteiger partial charge in [-0.15, -0.1) is 0 Å². The van der Waals surface area contributed by atoms with Crippen LogP contribution in [0.4, 0.5) is 0 Å². The molecule has 2 rings (SSSR count). The van der Waals surface area contributed by atoms with Gasteiger partial charge in [-0.3, -0.25) is 5.10 Å². The fraction of sp³-hybridized carbons (Fsp3) is 0.0909. The summed E-state index contributed by atoms with van der Waals surface area (Å²) in [5.41, 5.74) is 3.00. The highest BCUT2D eigenvalue weighted by atomic mass is 16.4. The van der Waals surface area contributed by atoms with Crippen LogP contribution < -0.4 is 0 Å². The second-order valence-electron chi connectivity index (χ2n) is 3.29. The topological polar surface area (TPSA) is 66.0 Å². The van der Waals surface area contributed by atoms with Gasteiger partial charge in [-0.25, -0.2) is 4.79 Å². The molecule has 0 atom stereocenters. The second-order valence-corrected chi connectivity index (χ2v) is 3.29. The molecule has 1 aromatic heterocycles. The molecule has 0 saturated heterocycles. The molecule has 0 spiro atoms. The van der Waals surface area contributed by atoms with Gasteiger partial charge in [0.1, 0.15) is 0 Å². The Morgan fingerprint density at radius 3 is 2.87 bits per heavy atom. The van der Waals surface area contributed by atoms with Gasteiger partial charge in [0.2, 0.25) is 0 Å². The molecular weight excluding hydrogens is 192 g/mol. The van der Waals surface area contributed by atoms with E-state index in [1.165, 1.54) is 0 Å². The third kappa shape index (κ3) is 1.74. The Bertz CT molecular complexity index is 503. The predicted octanol–water partition coefficient (Wildman–Crippen LogP) is 2.08. The molecule has 0 saturated carbocycles. The third-order valence-electron chi connectivity index (χ3n) is 2.25. The maximum absolute atomic E-state index is 10.8. The molecule has 0 bridgehead atoms. The summed E-state index contributed by atoms with van der Waals surface area (Å²) in [4.78, 5) is 10.8. The van der Waals surface area contributed by atoms with Gasteiger partial charge >= 0.3 is 5.97 Å². The van der Waals surface area contributed by atoms with Gasteiger partial charge in [-0.05, 0) is 24.6 Å². The Labute approximate surface area is 86.6 Å². The van der Waals surface area contributed by atoms with Crippen LogP contribution in [0.25, 0.3) is 11.1 Å². The Morgan fingerprint density at radius 2 is 2.27 bits per heavy atom. The summed E-state index contributed by atoms with van der Waals surface area (Å²) in [7, 11) is 0. The van der Waals surface area contributed by atoms with Crippen LogP contribution in [0.15, 0.2) is 30.5 Å². The van der Waals surface area contributed by atoms with Crippen LogP contribution in [0.3, 0.4) is 0 Å². The van der Waals surface area contributed by atoms with E-state index in [9.17, 15) is 4.79 Å². The number of nitrogens with zero attached hydrogens (tertiary/aromatic N) is 1. The van der Waals surface area contributed by atoms with Crippen molar-refractivity contribution >= 4 is 5.97 Å². The van der Waals surface area contributed by atoms with Crippen molar-refractivity contribution < 1.29 is 9.90 Å². The zero-order valence-corrected chi connectivity index (χ0v) is 8.19. The first-order valence-electron chi connectivity index (χ1n) is 4.52. The number of rotatable bonds is 2. The lowest BCUT2D eigenvalue weighted by Gasteiger charge is -2.00. The van der Waals surface area contributed by atoms with Crippen LogP contribution in [0.5, 0.6) is 0 Å². The van der Waals surface area contributed by atoms with E-state index in [-0.39, 0.29) is 5.56 Å². The zero-order chi connectivity index (χ0) is 10.8. The normalized spacial score (nSPS) is 10.2. The molecule has 2 N–H and O–H groups in total. The number of aromatic amines is 1. The Hall–Kier alpha value is -2.10. The van der Waals surface area contributed by atoms with Crippen molar-refractivity contribution in [2.45, 2.75) is 6.92 Å². The number of carbonyl (C=O) groups is 1. The maximum atomic E-state index is 10.8. The van der Waals surface area contributed by atoms with E-state index in [1.807, 2.05) is 13.0 Å². The first-order valence-corrected chi connectivity index (χ1v) is 4.52. The number of aromatic carboxylic acids is 1. The lowest BCUT2D eigenvalue weighted by molar-refractivity contribution is 0.0697. The van der Waals surface area contributed by atoms with Gasteiger partial charge in [-0.1, -0.05) is 12.1 Å². The third-order valence-corrected chi connectivity index (χ3v) is 2.25. The standard InChI is InChI=1S/C11H10N2O2/c1-7-10(6-12-13-7)8-3-2-4-9(5-8)11(14)15/h2-6H,1H3,(H,12,13)(H,14,15). The summed E-state index contributed by atoms with van der Waals surface area (Å²) in [6.45, 7) is 1.90. The molecule has 4 heteroatoms. The monoisotopic (exact) mass is 202 g/mol. The summed E-state index contributed by atoms with van der Waals surface area (Å²) in [5.74, 6) is -0.919. The number of carboxylic acids is 1. The van der Waals surface area contributed by atoms with Gasteiger partial charge in [0, 0.05) is 11.3 Å². The summed E-state index contributed by atoms with van der Waals surface area (Å²) in [6, 6.07) is 6.80. The summed E-state index contributed by atoms with van der Waals surface area (Å²) in [6.07, 6.45) is 1.69. The van der Waals surface area contributed by atoms with Crippen molar-refractivity contribution in [1.82, 2.24) is 10.2 Å². The average molecular weight is 202 g/mol. The van der Waals surface area contributed by atoms with E-state index in [4.69, 9.17) is 5.11 Å². The number of nitrogens with one attached hydrogen (secondary N) is 1. The molecule has 0 aliphatic heterocycles. The molecule has 76 valence electrons. The molecule has 0 amide bonds. The van der Waals surface area contributed by atoms with Crippen LogP contribution in [0, 0.1) is 6.92 Å². The van der Waals surface area contributed by atoms with Crippen molar-refractivity contribution in [2.24, 2.45) is 0 Å². The van der Waals surface area contributed by atoms with Gasteiger partial charge in [0.05, 0.1) is 11.8 Å². The molecule has 15 heavy (non-hydrogen) atoms. The van der Waals surface area contributed by atoms with Crippen molar-refractivity contribution in [3.8, 4) is 11.1 Å². The second kappa shape index (κ2) is 3.57. The van der Waals surface area contributed by atoms with Crippen molar-refractivity contribution in [3.05, 3.63) is 41.7 Å². The van der Waals surface area contributed by atoms with E-state index < -0.39 is 5.97 Å². The predicted molar refractivity (Wildman–Crippen MR) is 55.7 cm³/mol. The van der Waals surface area contributed by atoms with E-state index in [1.54, 1.807) is 24.4 Å². The molecule has 0 unspecified atom stereocenters. The van der Waals surface area contributed by atoms with Crippen molar-refractivity contribution in [2.75, 3.05) is 0 Å². The Kier molecular flexibility index (Phi) is 2.25. The zero-order valence-electron chi connectivity index (χ0n) is 8.19. The number of hydrogen-bond acceptors (Lipinski definition) is 2. The highest BCUT2D eigenvalue weighted by Gasteiger charge is 2.07. The van der Waals surface area contributed by atoms with Crippen LogP contribution >= 0.6 is 0 Å². The number of aromatic nitrogens is 2. The van der Waals surface area contributed by atoms with Crippen LogP contribution in [-0.2, 0) is 0 Å². The highest BCUT2D eigenvalue weighted by molar-refractivity contribution is 5.89. The molecule has 0 aliphatic rings. The molecule has 4 nitrogen and oxygen atoms in total. The number of H-pyrrole nitrogens is 1. The number of benzene rings is 1. The number of aryl methyl sites for hydroxylation is 1. The van der Waals surface area contributed by atoms with Crippen LogP contribution in [0.1, 0.15) is 16.1 Å². The Morgan fingerprint density at radius 1 is 1.47 bits per heavy atom. The lowest BCUT2D eigenvalue weighted by atomic mass is 10.0. The molecule has 1 heterocycles. The van der Waals surface area contributed by atoms with Crippen LogP contribution in [0.2, 0.25) is 0 Å². The fourth-order valence-electron chi connectivity index (χ4n) is 1.46. The summed E-state index contributed by atoms with van der Waals surface area (Å²) < 4.78 is 0. The maximum Gasteiger partial charge on any atom is 0.335 e. The number of hydrogen-bond donors (Lipinski definition) is 2. The van der Waals surface area contributed by atoms with Gasteiger partial charge in [0.25, 0.3) is 0 Å². The largest absolute Gasteiger partial charge is 0.478 e. The molecule has 2 aromatic rings. The van der Waals surface area contributed by atoms with Crippen molar-refractivity contribution in [1.29, 1.82) is 0 Å². The molecular formula is C11H10N2O2. The highest BCUT2D eigenvalue weighted by Crippen LogP contribution is 2.22. The first-order chi connectivity index (χ1) is 7.18. The fourth-order valence-corrected chi connectivity index (χ4v) is 1.46. The lowest BCUT2D eigenvalue weighted by Crippen LogP contribution is -1.95.